The van der Waals surface area contributed by atoms with Crippen molar-refractivity contribution in [3.63, 3.8) is 0 Å². The van der Waals surface area contributed by atoms with Gasteiger partial charge in [-0.25, -0.2) is 0 Å². The van der Waals surface area contributed by atoms with Gasteiger partial charge in [0.1, 0.15) is 11.5 Å². The summed E-state index contributed by atoms with van der Waals surface area (Å²) >= 11 is 0. The van der Waals surface area contributed by atoms with Crippen molar-refractivity contribution in [3.05, 3.63) is 29.3 Å². The van der Waals surface area contributed by atoms with Crippen molar-refractivity contribution in [2.45, 2.75) is 96.2 Å². The molecule has 2 saturated carbocycles. The van der Waals surface area contributed by atoms with Crippen LogP contribution in [-0.4, -0.2) is 28.0 Å². The minimum Gasteiger partial charge on any atom is -0.544 e. The Kier molecular flexibility index (Phi) is 4.99. The standard InChI is InChI=1S/C24H38O3Si2/c1-23-14-12-20-19-10-9-18(26-28(2,3)4)16-17(19)8-11-21(20)24(23,15-13-22(23)25)27-29(5,6)7/h9-10,16,20-21H,8,11-15H2,1-7H3/t20-,21-,23-,24?/m1/s1. The number of benzene rings is 1. The van der Waals surface area contributed by atoms with Crippen LogP contribution in [0.1, 0.15) is 56.1 Å². The number of rotatable bonds is 4. The minimum absolute atomic E-state index is 0.261. The zero-order chi connectivity index (χ0) is 21.2. The molecule has 4 atom stereocenters. The third-order valence-corrected chi connectivity index (χ3v) is 9.29. The summed E-state index contributed by atoms with van der Waals surface area (Å²) in [6.07, 6.45) is 5.87. The summed E-state index contributed by atoms with van der Waals surface area (Å²) in [5.41, 5.74) is 2.39. The normalized spacial score (nSPS) is 34.4. The summed E-state index contributed by atoms with van der Waals surface area (Å²) < 4.78 is 13.3. The average molecular weight is 431 g/mol. The fraction of sp³-hybridized carbons (Fsp3) is 0.708. The van der Waals surface area contributed by atoms with Gasteiger partial charge in [-0.1, -0.05) is 6.07 Å². The molecular weight excluding hydrogens is 392 g/mol. The van der Waals surface area contributed by atoms with Gasteiger partial charge in [0.2, 0.25) is 8.32 Å². The lowest BCUT2D eigenvalue weighted by molar-refractivity contribution is -0.151. The Morgan fingerprint density at radius 3 is 2.34 bits per heavy atom. The van der Waals surface area contributed by atoms with E-state index in [1.807, 2.05) is 0 Å². The van der Waals surface area contributed by atoms with Crippen molar-refractivity contribution < 1.29 is 13.6 Å². The minimum atomic E-state index is -1.79. The van der Waals surface area contributed by atoms with Crippen LogP contribution in [0.25, 0.3) is 0 Å². The Bertz CT molecular complexity index is 822. The molecule has 5 heteroatoms. The maximum Gasteiger partial charge on any atom is 0.242 e. The van der Waals surface area contributed by atoms with E-state index in [-0.39, 0.29) is 11.0 Å². The topological polar surface area (TPSA) is 35.5 Å². The van der Waals surface area contributed by atoms with Crippen molar-refractivity contribution in [3.8, 4) is 5.75 Å². The maximum absolute atomic E-state index is 13.0. The monoisotopic (exact) mass is 430 g/mol. The van der Waals surface area contributed by atoms with Crippen LogP contribution in [0.3, 0.4) is 0 Å². The molecule has 3 nitrogen and oxygen atoms in total. The van der Waals surface area contributed by atoms with Gasteiger partial charge in [-0.05, 0) is 113 Å². The van der Waals surface area contributed by atoms with E-state index < -0.39 is 16.6 Å². The second-order valence-electron chi connectivity index (χ2n) is 11.7. The lowest BCUT2D eigenvalue weighted by Crippen LogP contribution is -2.61. The molecule has 0 aromatic heterocycles. The molecule has 160 valence electrons. The number of Topliss-reactive ketones (excluding diaryl/α,β-unsaturated/α-hetero) is 1. The number of carbonyl (C=O) groups excluding carboxylic acids is 1. The summed E-state index contributed by atoms with van der Waals surface area (Å²) in [6, 6.07) is 6.80. The third-order valence-electron chi connectivity index (χ3n) is 7.46. The highest BCUT2D eigenvalue weighted by molar-refractivity contribution is 6.70. The smallest absolute Gasteiger partial charge is 0.242 e. The Morgan fingerprint density at radius 2 is 1.69 bits per heavy atom. The van der Waals surface area contributed by atoms with E-state index in [1.54, 1.807) is 0 Å². The number of hydrogen-bond donors (Lipinski definition) is 0. The average Bonchev–Trinajstić information content (AvgIpc) is 2.83. The van der Waals surface area contributed by atoms with Gasteiger partial charge in [0.25, 0.3) is 0 Å². The molecule has 0 N–H and O–H groups in total. The Morgan fingerprint density at radius 1 is 0.966 bits per heavy atom. The highest BCUT2D eigenvalue weighted by Crippen LogP contribution is 2.64. The predicted molar refractivity (Wildman–Crippen MR) is 124 cm³/mol. The van der Waals surface area contributed by atoms with Crippen LogP contribution in [-0.2, 0) is 15.6 Å². The quantitative estimate of drug-likeness (QED) is 0.526. The van der Waals surface area contributed by atoms with Crippen LogP contribution in [0.5, 0.6) is 5.75 Å². The number of hydrogen-bond acceptors (Lipinski definition) is 3. The SMILES string of the molecule is C[C@]12CC[C@@H]3c4ccc(O[Si](C)(C)C)cc4CC[C@H]3C1(O[Si](C)(C)C)CCC2=O. The van der Waals surface area contributed by atoms with Crippen molar-refractivity contribution in [1.82, 2.24) is 0 Å². The molecule has 0 heterocycles. The molecule has 0 bridgehead atoms. The largest absolute Gasteiger partial charge is 0.544 e. The molecule has 1 aromatic rings. The predicted octanol–water partition coefficient (Wildman–Crippen LogP) is 6.30. The van der Waals surface area contributed by atoms with E-state index in [4.69, 9.17) is 8.85 Å². The molecule has 1 unspecified atom stereocenters. The van der Waals surface area contributed by atoms with E-state index in [1.165, 1.54) is 11.1 Å². The second-order valence-corrected chi connectivity index (χ2v) is 20.6. The van der Waals surface area contributed by atoms with E-state index in [0.29, 0.717) is 24.0 Å². The Balaban J connectivity index is 1.72. The van der Waals surface area contributed by atoms with Crippen LogP contribution in [0.2, 0.25) is 39.3 Å². The van der Waals surface area contributed by atoms with E-state index in [9.17, 15) is 4.79 Å². The van der Waals surface area contributed by atoms with E-state index >= 15 is 0 Å². The number of aryl methyl sites for hydroxylation is 1. The summed E-state index contributed by atoms with van der Waals surface area (Å²) in [5, 5.41) is 0. The summed E-state index contributed by atoms with van der Waals surface area (Å²) in [7, 11) is -3.39. The molecular formula is C24H38O3Si2. The van der Waals surface area contributed by atoms with Crippen LogP contribution in [0, 0.1) is 11.3 Å². The molecule has 4 rings (SSSR count). The first-order valence-corrected chi connectivity index (χ1v) is 18.2. The molecule has 0 spiro atoms. The van der Waals surface area contributed by atoms with E-state index in [0.717, 1.165) is 37.9 Å². The van der Waals surface area contributed by atoms with Crippen molar-refractivity contribution in [2.24, 2.45) is 11.3 Å². The van der Waals surface area contributed by atoms with Gasteiger partial charge in [0, 0.05) is 6.42 Å². The van der Waals surface area contributed by atoms with Crippen molar-refractivity contribution >= 4 is 22.4 Å². The van der Waals surface area contributed by atoms with Crippen molar-refractivity contribution in [2.75, 3.05) is 0 Å². The van der Waals surface area contributed by atoms with Crippen LogP contribution >= 0.6 is 0 Å². The third kappa shape index (κ3) is 3.57. The lowest BCUT2D eigenvalue weighted by Gasteiger charge is -2.58. The van der Waals surface area contributed by atoms with Gasteiger partial charge in [0.05, 0.1) is 11.0 Å². The van der Waals surface area contributed by atoms with Crippen LogP contribution in [0.4, 0.5) is 0 Å². The van der Waals surface area contributed by atoms with Gasteiger partial charge >= 0.3 is 0 Å². The molecule has 0 radical (unpaired) electrons. The van der Waals surface area contributed by atoms with Crippen molar-refractivity contribution in [1.29, 1.82) is 0 Å². The molecule has 29 heavy (non-hydrogen) atoms. The molecule has 0 aliphatic heterocycles. The first-order chi connectivity index (χ1) is 13.3. The zero-order valence-electron chi connectivity index (χ0n) is 19.4. The number of carbonyl (C=O) groups is 1. The fourth-order valence-electron chi connectivity index (χ4n) is 6.48. The first kappa shape index (κ1) is 21.3. The second kappa shape index (κ2) is 6.79. The van der Waals surface area contributed by atoms with Crippen LogP contribution in [0.15, 0.2) is 18.2 Å². The fourth-order valence-corrected chi connectivity index (χ4v) is 8.89. The molecule has 3 aliphatic rings. The van der Waals surface area contributed by atoms with E-state index in [2.05, 4.69) is 64.4 Å². The summed E-state index contributed by atoms with van der Waals surface area (Å²) in [4.78, 5) is 13.0. The van der Waals surface area contributed by atoms with Gasteiger partial charge in [-0.15, -0.1) is 0 Å². The van der Waals surface area contributed by atoms with Crippen LogP contribution < -0.4 is 4.43 Å². The molecule has 1 aromatic carbocycles. The maximum atomic E-state index is 13.0. The molecule has 0 amide bonds. The molecule has 0 saturated heterocycles. The van der Waals surface area contributed by atoms with Gasteiger partial charge < -0.3 is 8.85 Å². The Labute approximate surface area is 178 Å². The zero-order valence-corrected chi connectivity index (χ0v) is 21.4. The van der Waals surface area contributed by atoms with Gasteiger partial charge in [0.15, 0.2) is 8.32 Å². The van der Waals surface area contributed by atoms with Gasteiger partial charge in [-0.3, -0.25) is 4.79 Å². The summed E-state index contributed by atoms with van der Waals surface area (Å²) in [5.74, 6) is 2.44. The lowest BCUT2D eigenvalue weighted by atomic mass is 9.53. The number of ketones is 1. The highest BCUT2D eigenvalue weighted by atomic mass is 28.4. The number of fused-ring (bicyclic) bond motifs is 5. The molecule has 2 fully saturated rings. The molecule has 3 aliphatic carbocycles. The highest BCUT2D eigenvalue weighted by Gasteiger charge is 2.66. The first-order valence-electron chi connectivity index (χ1n) is 11.4. The Hall–Kier alpha value is -0.916. The summed E-state index contributed by atoms with van der Waals surface area (Å²) in [6.45, 7) is 15.8. The van der Waals surface area contributed by atoms with Gasteiger partial charge in [-0.2, -0.15) is 0 Å².